The summed E-state index contributed by atoms with van der Waals surface area (Å²) in [5.74, 6) is 0.708. The minimum Gasteiger partial charge on any atom is -0.486 e. The minimum atomic E-state index is -0.359. The first-order valence-corrected chi connectivity index (χ1v) is 9.68. The van der Waals surface area contributed by atoms with Gasteiger partial charge in [-0.15, -0.1) is 0 Å². The maximum atomic E-state index is 12.8. The van der Waals surface area contributed by atoms with Gasteiger partial charge in [0.25, 0.3) is 5.91 Å². The van der Waals surface area contributed by atoms with Crippen molar-refractivity contribution in [3.05, 3.63) is 46.4 Å². The Labute approximate surface area is 170 Å². The molecule has 0 radical (unpaired) electrons. The second-order valence-electron chi connectivity index (χ2n) is 6.52. The van der Waals surface area contributed by atoms with E-state index >= 15 is 0 Å². The van der Waals surface area contributed by atoms with Crippen LogP contribution >= 0.6 is 15.9 Å². The molecule has 2 amide bonds. The molecule has 1 N–H and O–H groups in total. The Kier molecular flexibility index (Phi) is 5.04. The fourth-order valence-electron chi connectivity index (χ4n) is 3.03. The number of hydrazone groups is 1. The van der Waals surface area contributed by atoms with Gasteiger partial charge in [-0.25, -0.2) is 5.01 Å². The van der Waals surface area contributed by atoms with Gasteiger partial charge in [0.2, 0.25) is 5.91 Å². The second-order valence-corrected chi connectivity index (χ2v) is 7.38. The Hall–Kier alpha value is -2.87. The highest BCUT2D eigenvalue weighted by molar-refractivity contribution is 9.10. The van der Waals surface area contributed by atoms with Crippen LogP contribution in [0.1, 0.15) is 18.4 Å². The summed E-state index contributed by atoms with van der Waals surface area (Å²) in [6.07, 6.45) is 0.512. The molecule has 2 aromatic rings. The smallest absolute Gasteiger partial charge is 0.271 e. The van der Waals surface area contributed by atoms with Gasteiger partial charge in [-0.05, 0) is 40.5 Å². The van der Waals surface area contributed by atoms with Gasteiger partial charge in [0.15, 0.2) is 11.5 Å². The first-order chi connectivity index (χ1) is 13.5. The second kappa shape index (κ2) is 7.63. The number of hydrogen-bond acceptors (Lipinski definition) is 5. The number of halogens is 1. The van der Waals surface area contributed by atoms with Gasteiger partial charge < -0.3 is 14.8 Å². The summed E-state index contributed by atoms with van der Waals surface area (Å²) in [5.41, 5.74) is 2.51. The maximum Gasteiger partial charge on any atom is 0.271 e. The zero-order valence-electron chi connectivity index (χ0n) is 15.2. The molecule has 7 nitrogen and oxygen atoms in total. The number of nitrogens with zero attached hydrogens (tertiary/aromatic N) is 2. The quantitative estimate of drug-likeness (QED) is 0.784. The molecular formula is C20H18BrN3O4. The molecule has 0 saturated carbocycles. The van der Waals surface area contributed by atoms with Crippen LogP contribution in [0.2, 0.25) is 0 Å². The molecule has 144 valence electrons. The van der Waals surface area contributed by atoms with E-state index in [1.807, 2.05) is 25.1 Å². The molecule has 2 aromatic carbocycles. The normalized spacial score (nSPS) is 15.9. The van der Waals surface area contributed by atoms with E-state index in [-0.39, 0.29) is 24.7 Å². The van der Waals surface area contributed by atoms with Crippen molar-refractivity contribution in [2.75, 3.05) is 23.5 Å². The average Bonchev–Trinajstić information content (AvgIpc) is 2.69. The van der Waals surface area contributed by atoms with E-state index in [0.29, 0.717) is 46.3 Å². The van der Waals surface area contributed by atoms with Crippen LogP contribution in [0, 0.1) is 6.92 Å². The number of fused-ring (bicyclic) bond motifs is 1. The van der Waals surface area contributed by atoms with E-state index in [9.17, 15) is 9.59 Å². The number of anilines is 2. The molecular weight excluding hydrogens is 426 g/mol. The van der Waals surface area contributed by atoms with Crippen molar-refractivity contribution < 1.29 is 19.1 Å². The van der Waals surface area contributed by atoms with E-state index < -0.39 is 0 Å². The lowest BCUT2D eigenvalue weighted by atomic mass is 10.1. The van der Waals surface area contributed by atoms with E-state index in [1.54, 1.807) is 18.2 Å². The number of rotatable bonds is 3. The molecule has 2 aliphatic rings. The fraction of sp³-hybridized carbons (Fsp3) is 0.250. The third kappa shape index (κ3) is 3.73. The lowest BCUT2D eigenvalue weighted by Crippen LogP contribution is -2.36. The number of hydrogen-bond donors (Lipinski definition) is 1. The van der Waals surface area contributed by atoms with Gasteiger partial charge in [-0.1, -0.05) is 12.1 Å². The van der Waals surface area contributed by atoms with Crippen LogP contribution in [0.5, 0.6) is 11.5 Å². The summed E-state index contributed by atoms with van der Waals surface area (Å²) >= 11 is 3.44. The van der Waals surface area contributed by atoms with Crippen molar-refractivity contribution in [3.63, 3.8) is 0 Å². The summed E-state index contributed by atoms with van der Waals surface area (Å²) in [6, 6.07) is 10.9. The molecule has 2 heterocycles. The zero-order chi connectivity index (χ0) is 19.7. The van der Waals surface area contributed by atoms with Crippen LogP contribution in [-0.2, 0) is 9.59 Å². The predicted molar refractivity (Wildman–Crippen MR) is 109 cm³/mol. The Morgan fingerprint density at radius 2 is 1.89 bits per heavy atom. The molecule has 0 spiro atoms. The Bertz CT molecular complexity index is 989. The van der Waals surface area contributed by atoms with Gasteiger partial charge in [0.1, 0.15) is 18.9 Å². The molecule has 0 aromatic heterocycles. The molecule has 4 rings (SSSR count). The van der Waals surface area contributed by atoms with E-state index in [2.05, 4.69) is 26.3 Å². The highest BCUT2D eigenvalue weighted by Crippen LogP contribution is 2.38. The molecule has 0 saturated heterocycles. The van der Waals surface area contributed by atoms with E-state index in [0.717, 1.165) is 5.56 Å². The standard InChI is InChI=1S/C20H18BrN3O4/c1-12-3-2-4-13(9-12)24-19(25)6-5-15(23-24)20(26)22-16-11-18-17(10-14(16)21)27-7-8-28-18/h2-4,9-11H,5-8H2,1H3,(H,22,26). The van der Waals surface area contributed by atoms with Crippen molar-refractivity contribution in [2.45, 2.75) is 19.8 Å². The van der Waals surface area contributed by atoms with Crippen molar-refractivity contribution >= 4 is 44.8 Å². The van der Waals surface area contributed by atoms with Crippen LogP contribution < -0.4 is 19.8 Å². The summed E-state index contributed by atoms with van der Waals surface area (Å²) < 4.78 is 11.8. The highest BCUT2D eigenvalue weighted by Gasteiger charge is 2.26. The first-order valence-electron chi connectivity index (χ1n) is 8.89. The lowest BCUT2D eigenvalue weighted by molar-refractivity contribution is -0.118. The molecule has 28 heavy (non-hydrogen) atoms. The summed E-state index contributed by atoms with van der Waals surface area (Å²) in [6.45, 7) is 2.89. The maximum absolute atomic E-state index is 12.8. The number of carbonyl (C=O) groups is 2. The van der Waals surface area contributed by atoms with Gasteiger partial charge in [0, 0.05) is 29.4 Å². The monoisotopic (exact) mass is 443 g/mol. The van der Waals surface area contributed by atoms with Crippen LogP contribution in [0.25, 0.3) is 0 Å². The van der Waals surface area contributed by atoms with Crippen LogP contribution in [0.15, 0.2) is 46.0 Å². The largest absolute Gasteiger partial charge is 0.486 e. The SMILES string of the molecule is Cc1cccc(N2N=C(C(=O)Nc3cc4c(cc3Br)OCCO4)CCC2=O)c1. The number of ether oxygens (including phenoxy) is 2. The molecule has 0 unspecified atom stereocenters. The Morgan fingerprint density at radius 3 is 2.64 bits per heavy atom. The van der Waals surface area contributed by atoms with Gasteiger partial charge in [-0.3, -0.25) is 9.59 Å². The van der Waals surface area contributed by atoms with Crippen molar-refractivity contribution in [3.8, 4) is 11.5 Å². The number of amides is 2. The number of nitrogens with one attached hydrogen (secondary N) is 1. The minimum absolute atomic E-state index is 0.136. The van der Waals surface area contributed by atoms with Crippen molar-refractivity contribution in [1.29, 1.82) is 0 Å². The first kappa shape index (κ1) is 18.5. The fourth-order valence-corrected chi connectivity index (χ4v) is 3.45. The molecule has 0 fully saturated rings. The van der Waals surface area contributed by atoms with Crippen LogP contribution in [-0.4, -0.2) is 30.7 Å². The number of aryl methyl sites for hydroxylation is 1. The van der Waals surface area contributed by atoms with Gasteiger partial charge >= 0.3 is 0 Å². The summed E-state index contributed by atoms with van der Waals surface area (Å²) in [5, 5.41) is 8.44. The molecule has 2 aliphatic heterocycles. The van der Waals surface area contributed by atoms with Crippen LogP contribution in [0.4, 0.5) is 11.4 Å². The average molecular weight is 444 g/mol. The van der Waals surface area contributed by atoms with Gasteiger partial charge in [-0.2, -0.15) is 5.10 Å². The predicted octanol–water partition coefficient (Wildman–Crippen LogP) is 3.65. The number of carbonyl (C=O) groups excluding carboxylic acids is 2. The molecule has 0 aliphatic carbocycles. The zero-order valence-corrected chi connectivity index (χ0v) is 16.8. The molecule has 0 atom stereocenters. The third-order valence-electron chi connectivity index (χ3n) is 4.42. The van der Waals surface area contributed by atoms with Gasteiger partial charge in [0.05, 0.1) is 11.4 Å². The summed E-state index contributed by atoms with van der Waals surface area (Å²) in [7, 11) is 0. The third-order valence-corrected chi connectivity index (χ3v) is 5.08. The van der Waals surface area contributed by atoms with E-state index in [1.165, 1.54) is 5.01 Å². The van der Waals surface area contributed by atoms with Crippen LogP contribution in [0.3, 0.4) is 0 Å². The molecule has 8 heteroatoms. The highest BCUT2D eigenvalue weighted by atomic mass is 79.9. The molecule has 0 bridgehead atoms. The summed E-state index contributed by atoms with van der Waals surface area (Å²) in [4.78, 5) is 25.1. The Balaban J connectivity index is 1.58. The van der Waals surface area contributed by atoms with Crippen molar-refractivity contribution in [1.82, 2.24) is 0 Å². The lowest BCUT2D eigenvalue weighted by Gasteiger charge is -2.24. The topological polar surface area (TPSA) is 80.2 Å². The number of benzene rings is 2. The Morgan fingerprint density at radius 1 is 1.14 bits per heavy atom. The van der Waals surface area contributed by atoms with E-state index in [4.69, 9.17) is 9.47 Å². The van der Waals surface area contributed by atoms with Crippen molar-refractivity contribution in [2.24, 2.45) is 5.10 Å².